The van der Waals surface area contributed by atoms with Crippen LogP contribution in [0.25, 0.3) is 0 Å². The van der Waals surface area contributed by atoms with Crippen LogP contribution in [-0.2, 0) is 9.53 Å². The summed E-state index contributed by atoms with van der Waals surface area (Å²) in [6.45, 7) is 4.48. The van der Waals surface area contributed by atoms with E-state index < -0.39 is 0 Å². The number of rotatable bonds is 7. The largest absolute Gasteiger partial charge is 0.497 e. The van der Waals surface area contributed by atoms with Gasteiger partial charge in [0.1, 0.15) is 18.1 Å². The van der Waals surface area contributed by atoms with Gasteiger partial charge in [-0.25, -0.2) is 0 Å². The molecule has 0 saturated heterocycles. The molecule has 0 aliphatic heterocycles. The minimum Gasteiger partial charge on any atom is -0.497 e. The third kappa shape index (κ3) is 5.20. The van der Waals surface area contributed by atoms with Gasteiger partial charge in [0.2, 0.25) is 0 Å². The van der Waals surface area contributed by atoms with E-state index in [1.54, 1.807) is 7.11 Å². The minimum absolute atomic E-state index is 0.220. The van der Waals surface area contributed by atoms with Gasteiger partial charge < -0.3 is 14.2 Å². The normalized spacial score (nSPS) is 12.1. The number of carbonyl (C=O) groups excluding carboxylic acids is 1. The molecule has 0 saturated carbocycles. The Morgan fingerprint density at radius 2 is 1.68 bits per heavy atom. The van der Waals surface area contributed by atoms with Crippen molar-refractivity contribution in [3.05, 3.63) is 24.3 Å². The van der Waals surface area contributed by atoms with E-state index >= 15 is 0 Å². The zero-order valence-electron chi connectivity index (χ0n) is 12.0. The highest BCUT2D eigenvalue weighted by Gasteiger charge is 2.21. The zero-order valence-corrected chi connectivity index (χ0v) is 12.0. The topological polar surface area (TPSA) is 44.8 Å². The van der Waals surface area contributed by atoms with Crippen molar-refractivity contribution in [3.8, 4) is 11.5 Å². The van der Waals surface area contributed by atoms with Gasteiger partial charge in [-0.3, -0.25) is 4.79 Å². The predicted octanol–water partition coefficient (Wildman–Crippen LogP) is 2.91. The summed E-state index contributed by atoms with van der Waals surface area (Å²) in [5.74, 6) is 1.47. The second-order valence-electron chi connectivity index (χ2n) is 4.84. The predicted molar refractivity (Wildman–Crippen MR) is 73.5 cm³/mol. The Bertz CT molecular complexity index is 384. The summed E-state index contributed by atoms with van der Waals surface area (Å²) < 4.78 is 15.5. The fourth-order valence-corrected chi connectivity index (χ4v) is 1.84. The van der Waals surface area contributed by atoms with Crippen molar-refractivity contribution >= 4 is 5.97 Å². The van der Waals surface area contributed by atoms with Gasteiger partial charge in [-0.05, 0) is 36.6 Å². The highest BCUT2D eigenvalue weighted by Crippen LogP contribution is 2.19. The van der Waals surface area contributed by atoms with Crippen LogP contribution in [0.2, 0.25) is 0 Å². The molecule has 0 spiro atoms. The van der Waals surface area contributed by atoms with Gasteiger partial charge in [-0.15, -0.1) is 0 Å². The van der Waals surface area contributed by atoms with Gasteiger partial charge in [0.05, 0.1) is 20.1 Å². The molecule has 0 heterocycles. The van der Waals surface area contributed by atoms with Crippen molar-refractivity contribution in [2.24, 2.45) is 11.8 Å². The first-order valence-corrected chi connectivity index (χ1v) is 6.41. The molecule has 1 aromatic rings. The molecule has 1 rings (SSSR count). The maximum absolute atomic E-state index is 11.6. The van der Waals surface area contributed by atoms with Crippen LogP contribution in [0.15, 0.2) is 24.3 Å². The number of methoxy groups -OCH3 is 2. The Kier molecular flexibility index (Phi) is 6.19. The highest BCUT2D eigenvalue weighted by molar-refractivity contribution is 5.72. The third-order valence-electron chi connectivity index (χ3n) is 2.80. The van der Waals surface area contributed by atoms with Crippen molar-refractivity contribution in [1.29, 1.82) is 0 Å². The Balaban J connectivity index is 2.56. The molecule has 0 bridgehead atoms. The molecule has 0 fully saturated rings. The lowest BCUT2D eigenvalue weighted by Crippen LogP contribution is -2.24. The highest BCUT2D eigenvalue weighted by atomic mass is 16.5. The molecule has 0 aliphatic carbocycles. The van der Waals surface area contributed by atoms with Gasteiger partial charge in [0.15, 0.2) is 0 Å². The van der Waals surface area contributed by atoms with Crippen molar-refractivity contribution < 1.29 is 19.0 Å². The van der Waals surface area contributed by atoms with E-state index in [1.807, 2.05) is 24.3 Å². The third-order valence-corrected chi connectivity index (χ3v) is 2.80. The molecule has 1 atom stereocenters. The lowest BCUT2D eigenvalue weighted by Gasteiger charge is -2.17. The maximum Gasteiger partial charge on any atom is 0.312 e. The summed E-state index contributed by atoms with van der Waals surface area (Å²) in [4.78, 5) is 11.6. The van der Waals surface area contributed by atoms with E-state index in [4.69, 9.17) is 14.2 Å². The Labute approximate surface area is 114 Å². The Morgan fingerprint density at radius 1 is 1.11 bits per heavy atom. The molecule has 0 aromatic heterocycles. The Hall–Kier alpha value is -1.71. The number of esters is 1. The van der Waals surface area contributed by atoms with E-state index in [9.17, 15) is 4.79 Å². The van der Waals surface area contributed by atoms with E-state index in [2.05, 4.69) is 13.8 Å². The summed E-state index contributed by atoms with van der Waals surface area (Å²) in [7, 11) is 3.02. The van der Waals surface area contributed by atoms with Crippen LogP contribution < -0.4 is 9.47 Å². The maximum atomic E-state index is 11.6. The summed E-state index contributed by atoms with van der Waals surface area (Å²) >= 11 is 0. The molecular formula is C15H22O4. The minimum atomic E-state index is -0.230. The summed E-state index contributed by atoms with van der Waals surface area (Å²) in [5.41, 5.74) is 0. The van der Waals surface area contributed by atoms with E-state index in [-0.39, 0.29) is 11.9 Å². The molecule has 4 nitrogen and oxygen atoms in total. The van der Waals surface area contributed by atoms with Gasteiger partial charge in [-0.2, -0.15) is 0 Å². The van der Waals surface area contributed by atoms with Crippen LogP contribution in [0.4, 0.5) is 0 Å². The molecule has 0 amide bonds. The number of ether oxygens (including phenoxy) is 3. The van der Waals surface area contributed by atoms with Crippen LogP contribution in [0.1, 0.15) is 20.3 Å². The van der Waals surface area contributed by atoms with Crippen LogP contribution in [0.5, 0.6) is 11.5 Å². The van der Waals surface area contributed by atoms with Crippen LogP contribution >= 0.6 is 0 Å². The van der Waals surface area contributed by atoms with Crippen LogP contribution in [0, 0.1) is 11.8 Å². The molecule has 0 aliphatic rings. The van der Waals surface area contributed by atoms with Gasteiger partial charge in [-0.1, -0.05) is 13.8 Å². The van der Waals surface area contributed by atoms with E-state index in [1.165, 1.54) is 7.11 Å². The second kappa shape index (κ2) is 7.67. The summed E-state index contributed by atoms with van der Waals surface area (Å²) in [5, 5.41) is 0. The first-order valence-electron chi connectivity index (χ1n) is 6.41. The first kappa shape index (κ1) is 15.3. The monoisotopic (exact) mass is 266 g/mol. The molecular weight excluding hydrogens is 244 g/mol. The lowest BCUT2D eigenvalue weighted by molar-refractivity contribution is -0.147. The molecule has 0 N–H and O–H groups in total. The number of hydrogen-bond acceptors (Lipinski definition) is 4. The smallest absolute Gasteiger partial charge is 0.312 e. The number of carbonyl (C=O) groups is 1. The van der Waals surface area contributed by atoms with Gasteiger partial charge >= 0.3 is 5.97 Å². The lowest BCUT2D eigenvalue weighted by atomic mass is 9.98. The first-order chi connectivity index (χ1) is 9.06. The molecule has 1 aromatic carbocycles. The summed E-state index contributed by atoms with van der Waals surface area (Å²) in [6, 6.07) is 7.29. The average molecular weight is 266 g/mol. The van der Waals surface area contributed by atoms with Crippen molar-refractivity contribution in [2.75, 3.05) is 20.8 Å². The fraction of sp³-hybridized carbons (Fsp3) is 0.533. The van der Waals surface area contributed by atoms with E-state index in [0.717, 1.165) is 17.9 Å². The number of benzene rings is 1. The quantitative estimate of drug-likeness (QED) is 0.712. The average Bonchev–Trinajstić information content (AvgIpc) is 2.42. The Morgan fingerprint density at radius 3 is 2.16 bits per heavy atom. The standard InChI is InChI=1S/C15H22O4/c1-11(2)9-12(15(16)18-4)10-19-14-7-5-13(17-3)6-8-14/h5-8,11-12H,9-10H2,1-4H3. The van der Waals surface area contributed by atoms with E-state index in [0.29, 0.717) is 12.5 Å². The van der Waals surface area contributed by atoms with Crippen molar-refractivity contribution in [2.45, 2.75) is 20.3 Å². The molecule has 1 unspecified atom stereocenters. The van der Waals surface area contributed by atoms with Crippen LogP contribution in [0.3, 0.4) is 0 Å². The van der Waals surface area contributed by atoms with Crippen molar-refractivity contribution in [1.82, 2.24) is 0 Å². The van der Waals surface area contributed by atoms with Gasteiger partial charge in [0, 0.05) is 0 Å². The van der Waals surface area contributed by atoms with Crippen molar-refractivity contribution in [3.63, 3.8) is 0 Å². The molecule has 19 heavy (non-hydrogen) atoms. The van der Waals surface area contributed by atoms with Gasteiger partial charge in [0.25, 0.3) is 0 Å². The number of hydrogen-bond donors (Lipinski definition) is 0. The second-order valence-corrected chi connectivity index (χ2v) is 4.84. The summed E-state index contributed by atoms with van der Waals surface area (Å²) in [6.07, 6.45) is 0.753. The molecule has 106 valence electrons. The fourth-order valence-electron chi connectivity index (χ4n) is 1.84. The molecule has 0 radical (unpaired) electrons. The zero-order chi connectivity index (χ0) is 14.3. The molecule has 4 heteroatoms. The van der Waals surface area contributed by atoms with Crippen LogP contribution in [-0.4, -0.2) is 26.8 Å². The SMILES string of the molecule is COC(=O)C(COc1ccc(OC)cc1)CC(C)C.